The van der Waals surface area contributed by atoms with E-state index in [-0.39, 0.29) is 12.5 Å². The lowest BCUT2D eigenvalue weighted by atomic mass is 9.77. The molecule has 1 aromatic carbocycles. The molecule has 104 valence electrons. The van der Waals surface area contributed by atoms with Gasteiger partial charge in [-0.1, -0.05) is 17.7 Å². The molecule has 1 atom stereocenters. The Hall–Kier alpha value is -1.26. The van der Waals surface area contributed by atoms with Gasteiger partial charge in [0, 0.05) is 5.02 Å². The van der Waals surface area contributed by atoms with Crippen LogP contribution in [0.15, 0.2) is 24.3 Å². The smallest absolute Gasteiger partial charge is 0.261 e. The first-order chi connectivity index (χ1) is 9.04. The lowest BCUT2D eigenvalue weighted by molar-refractivity contribution is -0.131. The third-order valence-corrected chi connectivity index (χ3v) is 3.71. The largest absolute Gasteiger partial charge is 0.481 e. The molecule has 0 bridgehead atoms. The standard InChI is InChI=1S/C14H18ClNO3/c1-10(19-12-5-2-4-11(15)8-12)13(18)16-14(9-17)6-3-7-14/h2,4-5,8,10,17H,3,6-7,9H2,1H3,(H,16,18). The van der Waals surface area contributed by atoms with E-state index in [0.717, 1.165) is 19.3 Å². The molecule has 1 aromatic rings. The predicted octanol–water partition coefficient (Wildman–Crippen LogP) is 2.14. The van der Waals surface area contributed by atoms with E-state index in [4.69, 9.17) is 16.3 Å². The first-order valence-corrected chi connectivity index (χ1v) is 6.78. The Balaban J connectivity index is 1.92. The van der Waals surface area contributed by atoms with Gasteiger partial charge in [0.05, 0.1) is 12.1 Å². The van der Waals surface area contributed by atoms with Crippen molar-refractivity contribution in [3.8, 4) is 5.75 Å². The van der Waals surface area contributed by atoms with E-state index in [1.54, 1.807) is 31.2 Å². The second-order valence-electron chi connectivity index (χ2n) is 5.00. The molecule has 2 rings (SSSR count). The maximum atomic E-state index is 12.0. The number of benzene rings is 1. The molecule has 1 aliphatic carbocycles. The van der Waals surface area contributed by atoms with Crippen LogP contribution in [0.25, 0.3) is 0 Å². The van der Waals surface area contributed by atoms with Crippen molar-refractivity contribution >= 4 is 17.5 Å². The minimum atomic E-state index is -0.623. The van der Waals surface area contributed by atoms with Gasteiger partial charge in [-0.3, -0.25) is 4.79 Å². The maximum Gasteiger partial charge on any atom is 0.261 e. The van der Waals surface area contributed by atoms with E-state index < -0.39 is 11.6 Å². The molecule has 0 radical (unpaired) electrons. The summed E-state index contributed by atoms with van der Waals surface area (Å²) in [5.41, 5.74) is -0.441. The summed E-state index contributed by atoms with van der Waals surface area (Å²) in [6, 6.07) is 6.93. The van der Waals surface area contributed by atoms with Crippen LogP contribution >= 0.6 is 11.6 Å². The highest BCUT2D eigenvalue weighted by Gasteiger charge is 2.38. The Bertz CT molecular complexity index is 454. The van der Waals surface area contributed by atoms with E-state index in [0.29, 0.717) is 10.8 Å². The molecule has 0 aromatic heterocycles. The third kappa shape index (κ3) is 3.39. The molecule has 1 saturated carbocycles. The summed E-state index contributed by atoms with van der Waals surface area (Å²) in [7, 11) is 0. The summed E-state index contributed by atoms with van der Waals surface area (Å²) in [5.74, 6) is 0.343. The normalized spacial score (nSPS) is 18.3. The van der Waals surface area contributed by atoms with Crippen LogP contribution < -0.4 is 10.1 Å². The van der Waals surface area contributed by atoms with Crippen molar-refractivity contribution in [2.75, 3.05) is 6.61 Å². The Morgan fingerprint density at radius 3 is 2.84 bits per heavy atom. The number of ether oxygens (including phenoxy) is 1. The van der Waals surface area contributed by atoms with Crippen LogP contribution in [0.4, 0.5) is 0 Å². The Morgan fingerprint density at radius 2 is 2.32 bits per heavy atom. The van der Waals surface area contributed by atoms with E-state index in [1.165, 1.54) is 0 Å². The van der Waals surface area contributed by atoms with Crippen molar-refractivity contribution in [1.82, 2.24) is 5.32 Å². The van der Waals surface area contributed by atoms with Crippen molar-refractivity contribution in [2.24, 2.45) is 0 Å². The predicted molar refractivity (Wildman–Crippen MR) is 73.4 cm³/mol. The van der Waals surface area contributed by atoms with Crippen molar-refractivity contribution in [3.05, 3.63) is 29.3 Å². The Morgan fingerprint density at radius 1 is 1.58 bits per heavy atom. The summed E-state index contributed by atoms with van der Waals surface area (Å²) >= 11 is 5.85. The number of carbonyl (C=O) groups excluding carboxylic acids is 1. The zero-order chi connectivity index (χ0) is 13.9. The fourth-order valence-electron chi connectivity index (χ4n) is 2.09. The zero-order valence-electron chi connectivity index (χ0n) is 10.9. The minimum absolute atomic E-state index is 0.0252. The molecule has 19 heavy (non-hydrogen) atoms. The van der Waals surface area contributed by atoms with E-state index in [1.807, 2.05) is 0 Å². The van der Waals surface area contributed by atoms with Crippen molar-refractivity contribution < 1.29 is 14.6 Å². The van der Waals surface area contributed by atoms with Gasteiger partial charge in [0.2, 0.25) is 0 Å². The van der Waals surface area contributed by atoms with Gasteiger partial charge in [-0.25, -0.2) is 0 Å². The molecule has 2 N–H and O–H groups in total. The summed E-state index contributed by atoms with van der Waals surface area (Å²) in [6.07, 6.45) is 2.05. The van der Waals surface area contributed by atoms with Crippen molar-refractivity contribution in [1.29, 1.82) is 0 Å². The fourth-order valence-corrected chi connectivity index (χ4v) is 2.27. The SMILES string of the molecule is CC(Oc1cccc(Cl)c1)C(=O)NC1(CO)CCC1. The molecule has 0 heterocycles. The molecule has 0 saturated heterocycles. The van der Waals surface area contributed by atoms with Gasteiger partial charge in [0.1, 0.15) is 5.75 Å². The van der Waals surface area contributed by atoms with E-state index >= 15 is 0 Å². The van der Waals surface area contributed by atoms with Gasteiger partial charge in [-0.15, -0.1) is 0 Å². The monoisotopic (exact) mass is 283 g/mol. The van der Waals surface area contributed by atoms with Crippen LogP contribution in [-0.2, 0) is 4.79 Å². The third-order valence-electron chi connectivity index (χ3n) is 3.48. The van der Waals surface area contributed by atoms with Crippen molar-refractivity contribution in [3.63, 3.8) is 0 Å². The number of aliphatic hydroxyl groups is 1. The average Bonchev–Trinajstić information content (AvgIpc) is 2.33. The molecule has 0 spiro atoms. The molecular formula is C14H18ClNO3. The molecule has 5 heteroatoms. The van der Waals surface area contributed by atoms with E-state index in [2.05, 4.69) is 5.32 Å². The van der Waals surface area contributed by atoms with Crippen LogP contribution in [0.2, 0.25) is 5.02 Å². The fraction of sp³-hybridized carbons (Fsp3) is 0.500. The maximum absolute atomic E-state index is 12.0. The van der Waals surface area contributed by atoms with Crippen LogP contribution in [0.5, 0.6) is 5.75 Å². The first-order valence-electron chi connectivity index (χ1n) is 6.40. The van der Waals surface area contributed by atoms with Gasteiger partial charge in [-0.05, 0) is 44.4 Å². The summed E-state index contributed by atoms with van der Waals surface area (Å²) in [6.45, 7) is 1.66. The van der Waals surface area contributed by atoms with Crippen LogP contribution in [0, 0.1) is 0 Å². The van der Waals surface area contributed by atoms with Gasteiger partial charge in [0.15, 0.2) is 6.10 Å². The number of hydrogen-bond donors (Lipinski definition) is 2. The Kier molecular flexibility index (Phi) is 4.32. The molecule has 1 fully saturated rings. The van der Waals surface area contributed by atoms with E-state index in [9.17, 15) is 9.90 Å². The van der Waals surface area contributed by atoms with Gasteiger partial charge < -0.3 is 15.2 Å². The van der Waals surface area contributed by atoms with Crippen molar-refractivity contribution in [2.45, 2.75) is 37.8 Å². The number of aliphatic hydroxyl groups excluding tert-OH is 1. The number of amides is 1. The Labute approximate surface area is 117 Å². The quantitative estimate of drug-likeness (QED) is 0.870. The lowest BCUT2D eigenvalue weighted by Gasteiger charge is -2.41. The number of rotatable bonds is 5. The molecule has 0 aliphatic heterocycles. The molecule has 4 nitrogen and oxygen atoms in total. The van der Waals surface area contributed by atoms with Gasteiger partial charge in [0.25, 0.3) is 5.91 Å². The second-order valence-corrected chi connectivity index (χ2v) is 5.44. The number of halogens is 1. The number of hydrogen-bond acceptors (Lipinski definition) is 3. The van der Waals surface area contributed by atoms with Crippen LogP contribution in [0.1, 0.15) is 26.2 Å². The highest BCUT2D eigenvalue weighted by Crippen LogP contribution is 2.31. The van der Waals surface area contributed by atoms with Crippen LogP contribution in [-0.4, -0.2) is 29.3 Å². The van der Waals surface area contributed by atoms with Gasteiger partial charge in [-0.2, -0.15) is 0 Å². The highest BCUT2D eigenvalue weighted by molar-refractivity contribution is 6.30. The molecule has 1 amide bonds. The minimum Gasteiger partial charge on any atom is -0.481 e. The summed E-state index contributed by atoms with van der Waals surface area (Å²) in [4.78, 5) is 12.0. The molecular weight excluding hydrogens is 266 g/mol. The topological polar surface area (TPSA) is 58.6 Å². The second kappa shape index (κ2) is 5.80. The highest BCUT2D eigenvalue weighted by atomic mass is 35.5. The van der Waals surface area contributed by atoms with Crippen LogP contribution in [0.3, 0.4) is 0 Å². The summed E-state index contributed by atoms with van der Waals surface area (Å²) < 4.78 is 5.54. The van der Waals surface area contributed by atoms with Gasteiger partial charge >= 0.3 is 0 Å². The molecule has 1 unspecified atom stereocenters. The summed E-state index contributed by atoms with van der Waals surface area (Å²) in [5, 5.41) is 12.8. The molecule has 1 aliphatic rings. The average molecular weight is 284 g/mol. The first kappa shape index (κ1) is 14.2. The number of carbonyl (C=O) groups is 1. The number of nitrogens with one attached hydrogen (secondary N) is 1. The lowest BCUT2D eigenvalue weighted by Crippen LogP contribution is -2.58. The zero-order valence-corrected chi connectivity index (χ0v) is 11.6.